The summed E-state index contributed by atoms with van der Waals surface area (Å²) in [6.07, 6.45) is 0. The van der Waals surface area contributed by atoms with Crippen molar-refractivity contribution in [1.82, 2.24) is 19.9 Å². The van der Waals surface area contributed by atoms with E-state index in [9.17, 15) is 0 Å². The molecule has 0 fully saturated rings. The van der Waals surface area contributed by atoms with Crippen molar-refractivity contribution in [2.24, 2.45) is 0 Å². The van der Waals surface area contributed by atoms with Crippen LogP contribution in [0, 0.1) is 0 Å². The molecule has 32 heavy (non-hydrogen) atoms. The van der Waals surface area contributed by atoms with Gasteiger partial charge >= 0.3 is 246 Å². The summed E-state index contributed by atoms with van der Waals surface area (Å²) in [5, 5.41) is 8.76. The van der Waals surface area contributed by atoms with E-state index in [1.807, 2.05) is 12.1 Å². The second kappa shape index (κ2) is 10.9. The van der Waals surface area contributed by atoms with E-state index in [0.29, 0.717) is 32.0 Å². The predicted octanol–water partition coefficient (Wildman–Crippen LogP) is 3.16. The molecule has 0 aliphatic heterocycles. The molecule has 0 spiro atoms. The topological polar surface area (TPSA) is 75.6 Å². The van der Waals surface area contributed by atoms with Gasteiger partial charge < -0.3 is 0 Å². The van der Waals surface area contributed by atoms with Crippen LogP contribution >= 0.6 is 50.5 Å². The van der Waals surface area contributed by atoms with Crippen molar-refractivity contribution in [3.8, 4) is 11.1 Å². The molecule has 4 rings (SSSR count). The zero-order valence-electron chi connectivity index (χ0n) is 17.2. The Morgan fingerprint density at radius 1 is 0.531 bits per heavy atom. The molecule has 0 radical (unpaired) electrons. The average Bonchev–Trinajstić information content (AvgIpc) is 2.67. The Balaban J connectivity index is 1.56. The first-order chi connectivity index (χ1) is 15.3. The molecule has 4 aromatic rings. The second-order valence-corrected chi connectivity index (χ2v) is 11.1. The van der Waals surface area contributed by atoms with E-state index in [1.54, 1.807) is 12.1 Å². The minimum atomic E-state index is 0.479. The Morgan fingerprint density at radius 2 is 0.875 bits per heavy atom. The number of hydrogen-bond acceptors (Lipinski definition) is 10. The first-order valence-corrected chi connectivity index (χ1v) is 13.4. The number of rotatable bonds is 5. The van der Waals surface area contributed by atoms with Crippen LogP contribution in [0.5, 0.6) is 0 Å². The van der Waals surface area contributed by atoms with E-state index in [1.165, 1.54) is 16.8 Å². The molecule has 0 atom stereocenters. The SMILES string of the molecule is [Na][c]1cc(Nc2nc(S)cc(S)n2)ccc1-c1ccc(Nc2nc(S)cc(S)n2)c[c]1[Na]. The first-order valence-electron chi connectivity index (χ1n) is 9.56. The van der Waals surface area contributed by atoms with E-state index in [0.717, 1.165) is 67.2 Å². The molecule has 150 valence electrons. The monoisotopic (exact) mass is 512 g/mol. The van der Waals surface area contributed by atoms with Crippen LogP contribution in [0.25, 0.3) is 11.1 Å². The van der Waals surface area contributed by atoms with Crippen molar-refractivity contribution in [3.05, 3.63) is 48.5 Å². The molecule has 2 heterocycles. The molecular formula is C20H14N6Na2S4. The molecule has 0 aliphatic carbocycles. The Kier molecular flexibility index (Phi) is 8.42. The summed E-state index contributed by atoms with van der Waals surface area (Å²) in [6, 6.07) is 16.0. The Bertz CT molecular complexity index is 1180. The third-order valence-corrected chi connectivity index (χ3v) is 7.22. The molecule has 6 nitrogen and oxygen atoms in total. The summed E-state index contributed by atoms with van der Waals surface area (Å²) in [7, 11) is 0. The van der Waals surface area contributed by atoms with Gasteiger partial charge in [0, 0.05) is 0 Å². The van der Waals surface area contributed by atoms with Crippen molar-refractivity contribution in [2.75, 3.05) is 10.6 Å². The normalized spacial score (nSPS) is 10.9. The van der Waals surface area contributed by atoms with Gasteiger partial charge in [0.15, 0.2) is 0 Å². The molecule has 0 saturated heterocycles. The van der Waals surface area contributed by atoms with Crippen LogP contribution in [0.2, 0.25) is 0 Å². The summed E-state index contributed by atoms with van der Waals surface area (Å²) in [6.45, 7) is 0. The summed E-state index contributed by atoms with van der Waals surface area (Å²) < 4.78 is 2.57. The molecule has 0 aliphatic rings. The van der Waals surface area contributed by atoms with Gasteiger partial charge in [-0.15, -0.1) is 0 Å². The van der Waals surface area contributed by atoms with Gasteiger partial charge in [0.25, 0.3) is 0 Å². The van der Waals surface area contributed by atoms with Crippen LogP contribution in [-0.2, 0) is 0 Å². The number of thiol groups is 4. The molecule has 12 heteroatoms. The molecule has 2 aromatic carbocycles. The number of nitrogens with zero attached hydrogens (tertiary/aromatic N) is 4. The Morgan fingerprint density at radius 3 is 1.19 bits per heavy atom. The second-order valence-electron chi connectivity index (χ2n) is 7.13. The summed E-state index contributed by atoms with van der Waals surface area (Å²) in [5.41, 5.74) is 4.35. The fourth-order valence-electron chi connectivity index (χ4n) is 3.30. The molecular weight excluding hydrogens is 499 g/mol. The predicted molar refractivity (Wildman–Crippen MR) is 142 cm³/mol. The van der Waals surface area contributed by atoms with E-state index in [4.69, 9.17) is 0 Å². The Labute approximate surface area is 242 Å². The average molecular weight is 513 g/mol. The van der Waals surface area contributed by atoms with Gasteiger partial charge in [-0.05, 0) is 0 Å². The maximum atomic E-state index is 4.29. The number of anilines is 4. The number of nitrogens with one attached hydrogen (secondary N) is 2. The van der Waals surface area contributed by atoms with E-state index in [-0.39, 0.29) is 0 Å². The molecule has 0 saturated carbocycles. The zero-order chi connectivity index (χ0) is 22.8. The van der Waals surface area contributed by atoms with Gasteiger partial charge in [0.05, 0.1) is 0 Å². The van der Waals surface area contributed by atoms with Crippen LogP contribution in [0.3, 0.4) is 0 Å². The fraction of sp³-hybridized carbons (Fsp3) is 0. The van der Waals surface area contributed by atoms with Gasteiger partial charge in [0.1, 0.15) is 0 Å². The van der Waals surface area contributed by atoms with Crippen LogP contribution < -0.4 is 16.3 Å². The fourth-order valence-corrected chi connectivity index (χ4v) is 5.87. The third-order valence-electron chi connectivity index (χ3n) is 4.65. The first kappa shape index (κ1) is 24.7. The van der Waals surface area contributed by atoms with E-state index < -0.39 is 0 Å². The van der Waals surface area contributed by atoms with E-state index >= 15 is 0 Å². The quantitative estimate of drug-likeness (QED) is 0.140. The number of benzene rings is 2. The van der Waals surface area contributed by atoms with Gasteiger partial charge in [-0.25, -0.2) is 0 Å². The van der Waals surface area contributed by atoms with Crippen molar-refractivity contribution in [3.63, 3.8) is 0 Å². The van der Waals surface area contributed by atoms with Crippen molar-refractivity contribution in [1.29, 1.82) is 0 Å². The Hall–Kier alpha value is -0.400. The van der Waals surface area contributed by atoms with Crippen LogP contribution in [-0.4, -0.2) is 75.8 Å². The van der Waals surface area contributed by atoms with Crippen LogP contribution in [0.4, 0.5) is 23.3 Å². The van der Waals surface area contributed by atoms with Gasteiger partial charge in [-0.1, -0.05) is 0 Å². The third kappa shape index (κ3) is 6.38. The molecule has 0 amide bonds. The summed E-state index contributed by atoms with van der Waals surface area (Å²) >= 11 is 18.9. The summed E-state index contributed by atoms with van der Waals surface area (Å²) in [5.74, 6) is 0.958. The molecule has 2 aromatic heterocycles. The zero-order valence-corrected chi connectivity index (χ0v) is 24.8. The van der Waals surface area contributed by atoms with Gasteiger partial charge in [-0.2, -0.15) is 0 Å². The van der Waals surface area contributed by atoms with Crippen molar-refractivity contribution >= 4 is 135 Å². The molecule has 2 N–H and O–H groups in total. The van der Waals surface area contributed by atoms with Crippen molar-refractivity contribution in [2.45, 2.75) is 20.1 Å². The standard InChI is InChI=1S/C20H14N6S4.2Na/c27-15-9-16(28)24-19(23-15)21-13-5-1-11(2-6-13)12-3-7-14(8-4-12)22-20-25-17(29)10-18(30)26-20;;/h1,3,5-10H,(H3,21,23,24,27,28)(H3,22,25,26,29,30);;. The minimum absolute atomic E-state index is 0.479. The number of hydrogen-bond donors (Lipinski definition) is 6. The molecule has 0 bridgehead atoms. The van der Waals surface area contributed by atoms with Gasteiger partial charge in [-0.3, -0.25) is 0 Å². The molecule has 0 unspecified atom stereocenters. The van der Waals surface area contributed by atoms with Gasteiger partial charge in [0.2, 0.25) is 0 Å². The summed E-state index contributed by atoms with van der Waals surface area (Å²) in [4.78, 5) is 17.2. The van der Waals surface area contributed by atoms with Crippen LogP contribution in [0.15, 0.2) is 68.6 Å². The maximum absolute atomic E-state index is 4.29. The van der Waals surface area contributed by atoms with Crippen LogP contribution in [0.1, 0.15) is 0 Å². The number of aromatic nitrogens is 4. The van der Waals surface area contributed by atoms with E-state index in [2.05, 4.69) is 105 Å². The van der Waals surface area contributed by atoms with Crippen molar-refractivity contribution < 1.29 is 0 Å².